The van der Waals surface area contributed by atoms with Gasteiger partial charge in [-0.1, -0.05) is 29.8 Å². The van der Waals surface area contributed by atoms with E-state index in [1.165, 1.54) is 18.3 Å². The molecule has 4 nitrogen and oxygen atoms in total. The second-order valence-electron chi connectivity index (χ2n) is 4.47. The third-order valence-electron chi connectivity index (χ3n) is 3.00. The number of nitrogens with zero attached hydrogens (tertiary/aromatic N) is 2. The van der Waals surface area contributed by atoms with Crippen molar-refractivity contribution in [3.8, 4) is 0 Å². The van der Waals surface area contributed by atoms with Crippen molar-refractivity contribution >= 4 is 23.1 Å². The van der Waals surface area contributed by atoms with Crippen LogP contribution in [0.4, 0.5) is 4.39 Å². The summed E-state index contributed by atoms with van der Waals surface area (Å²) in [6, 6.07) is 6.24. The zero-order chi connectivity index (χ0) is 15.4. The highest BCUT2D eigenvalue weighted by Gasteiger charge is 2.09. The van der Waals surface area contributed by atoms with Crippen LogP contribution in [-0.4, -0.2) is 15.5 Å². The molecule has 1 aromatic carbocycles. The number of hydrogen-bond donors (Lipinski definition) is 0. The first kappa shape index (κ1) is 15.3. The molecule has 0 aliphatic heterocycles. The van der Waals surface area contributed by atoms with E-state index in [4.69, 9.17) is 16.3 Å². The average molecular weight is 309 g/mol. The number of benzene rings is 1. The molecular weight excluding hydrogens is 295 g/mol. The lowest BCUT2D eigenvalue weighted by Crippen LogP contribution is -2.06. The summed E-state index contributed by atoms with van der Waals surface area (Å²) in [6.07, 6.45) is 2.73. The number of carbonyl (C=O) groups excluding carboxylic acids is 1. The summed E-state index contributed by atoms with van der Waals surface area (Å²) in [5, 5.41) is 0.458. The van der Waals surface area contributed by atoms with E-state index in [2.05, 4.69) is 4.98 Å². The van der Waals surface area contributed by atoms with Gasteiger partial charge in [0.15, 0.2) is 0 Å². The molecule has 0 saturated carbocycles. The molecule has 0 radical (unpaired) electrons. The fourth-order valence-corrected chi connectivity index (χ4v) is 1.92. The van der Waals surface area contributed by atoms with Crippen LogP contribution in [0.15, 0.2) is 36.5 Å². The lowest BCUT2D eigenvalue weighted by atomic mass is 10.1. The smallest absolute Gasteiger partial charge is 0.331 e. The number of carbonyl (C=O) groups is 1. The van der Waals surface area contributed by atoms with Crippen molar-refractivity contribution in [1.82, 2.24) is 9.55 Å². The first-order valence-electron chi connectivity index (χ1n) is 6.25. The minimum Gasteiger partial charge on any atom is -0.454 e. The number of hydrogen-bond acceptors (Lipinski definition) is 3. The molecule has 0 aliphatic carbocycles. The minimum absolute atomic E-state index is 0.00308. The average Bonchev–Trinajstić information content (AvgIpc) is 2.77. The summed E-state index contributed by atoms with van der Waals surface area (Å²) in [4.78, 5) is 15.8. The van der Waals surface area contributed by atoms with Crippen molar-refractivity contribution < 1.29 is 13.9 Å². The third-order valence-corrected chi connectivity index (χ3v) is 3.36. The van der Waals surface area contributed by atoms with E-state index in [9.17, 15) is 9.18 Å². The summed E-state index contributed by atoms with van der Waals surface area (Å²) in [5.74, 6) is -0.407. The molecule has 2 aromatic rings. The molecule has 0 amide bonds. The molecule has 1 heterocycles. The Bertz CT molecular complexity index is 695. The molecule has 2 rings (SSSR count). The molecular formula is C15H14ClFN2O2. The maximum absolute atomic E-state index is 13.6. The summed E-state index contributed by atoms with van der Waals surface area (Å²) >= 11 is 5.83. The fraction of sp³-hybridized carbons (Fsp3) is 0.200. The van der Waals surface area contributed by atoms with Gasteiger partial charge in [-0.2, -0.15) is 0 Å². The second-order valence-corrected chi connectivity index (χ2v) is 4.86. The lowest BCUT2D eigenvalue weighted by molar-refractivity contribution is -0.139. The molecule has 0 fully saturated rings. The van der Waals surface area contributed by atoms with E-state index in [1.54, 1.807) is 36.7 Å². The van der Waals surface area contributed by atoms with Crippen LogP contribution in [0, 0.1) is 5.82 Å². The summed E-state index contributed by atoms with van der Waals surface area (Å²) in [7, 11) is 1.72. The monoisotopic (exact) mass is 308 g/mol. The van der Waals surface area contributed by atoms with Crippen LogP contribution in [0.3, 0.4) is 0 Å². The maximum Gasteiger partial charge on any atom is 0.331 e. The Balaban J connectivity index is 2.03. The topological polar surface area (TPSA) is 44.1 Å². The van der Waals surface area contributed by atoms with Gasteiger partial charge >= 0.3 is 5.97 Å². The van der Waals surface area contributed by atoms with Gasteiger partial charge in [-0.25, -0.2) is 14.2 Å². The van der Waals surface area contributed by atoms with Crippen molar-refractivity contribution in [2.45, 2.75) is 13.5 Å². The van der Waals surface area contributed by atoms with E-state index in [0.29, 0.717) is 22.1 Å². The Labute approximate surface area is 126 Å². The van der Waals surface area contributed by atoms with Crippen LogP contribution in [0.5, 0.6) is 0 Å². The van der Waals surface area contributed by atoms with Gasteiger partial charge in [-0.05, 0) is 18.6 Å². The first-order valence-corrected chi connectivity index (χ1v) is 6.63. The van der Waals surface area contributed by atoms with E-state index in [0.717, 1.165) is 0 Å². The number of rotatable bonds is 4. The van der Waals surface area contributed by atoms with Gasteiger partial charge < -0.3 is 9.30 Å². The van der Waals surface area contributed by atoms with Gasteiger partial charge in [0.2, 0.25) is 0 Å². The first-order chi connectivity index (χ1) is 9.99. The standard InChI is InChI=1S/C15H14ClFN2O2/c1-10(11-5-3-4-6-12(11)17)7-15(20)21-9-14-18-8-13(16)19(14)2/h3-8H,9H2,1-2H3/b10-7-. The quantitative estimate of drug-likeness (QED) is 0.642. The van der Waals surface area contributed by atoms with Crippen LogP contribution in [0.25, 0.3) is 5.57 Å². The van der Waals surface area contributed by atoms with Crippen LogP contribution in [-0.2, 0) is 23.2 Å². The van der Waals surface area contributed by atoms with Gasteiger partial charge in [-0.15, -0.1) is 0 Å². The van der Waals surface area contributed by atoms with Gasteiger partial charge in [0.1, 0.15) is 23.4 Å². The van der Waals surface area contributed by atoms with Crippen molar-refractivity contribution in [2.75, 3.05) is 0 Å². The number of imidazole rings is 1. The molecule has 0 atom stereocenters. The van der Waals surface area contributed by atoms with Gasteiger partial charge in [-0.3, -0.25) is 0 Å². The van der Waals surface area contributed by atoms with Crippen LogP contribution in [0.2, 0.25) is 5.15 Å². The van der Waals surface area contributed by atoms with Crippen LogP contribution in [0.1, 0.15) is 18.3 Å². The molecule has 110 valence electrons. The van der Waals surface area contributed by atoms with Crippen molar-refractivity contribution in [2.24, 2.45) is 7.05 Å². The predicted molar refractivity (Wildman–Crippen MR) is 78.1 cm³/mol. The van der Waals surface area contributed by atoms with Crippen molar-refractivity contribution in [3.05, 3.63) is 58.9 Å². The zero-order valence-electron chi connectivity index (χ0n) is 11.6. The predicted octanol–water partition coefficient (Wildman–Crippen LogP) is 3.36. The number of aromatic nitrogens is 2. The third kappa shape index (κ3) is 3.70. The van der Waals surface area contributed by atoms with E-state index >= 15 is 0 Å². The SMILES string of the molecule is C/C(=C/C(=O)OCc1ncc(Cl)n1C)c1ccccc1F. The molecule has 1 aromatic heterocycles. The number of allylic oxidation sites excluding steroid dienone is 1. The lowest BCUT2D eigenvalue weighted by Gasteiger charge is -2.05. The molecule has 0 aliphatic rings. The Morgan fingerprint density at radius 2 is 2.19 bits per heavy atom. The Kier molecular flexibility index (Phi) is 4.75. The Morgan fingerprint density at radius 1 is 1.48 bits per heavy atom. The van der Waals surface area contributed by atoms with Crippen LogP contribution >= 0.6 is 11.6 Å². The molecule has 0 spiro atoms. The Hall–Kier alpha value is -2.14. The van der Waals surface area contributed by atoms with E-state index in [1.807, 2.05) is 0 Å². The largest absolute Gasteiger partial charge is 0.454 e. The van der Waals surface area contributed by atoms with E-state index in [-0.39, 0.29) is 12.4 Å². The molecule has 0 N–H and O–H groups in total. The number of ether oxygens (including phenoxy) is 1. The highest BCUT2D eigenvalue weighted by Crippen LogP contribution is 2.17. The number of halogens is 2. The van der Waals surface area contributed by atoms with Gasteiger partial charge in [0.25, 0.3) is 0 Å². The molecule has 0 saturated heterocycles. The van der Waals surface area contributed by atoms with E-state index < -0.39 is 5.97 Å². The van der Waals surface area contributed by atoms with Crippen molar-refractivity contribution in [3.63, 3.8) is 0 Å². The summed E-state index contributed by atoms with van der Waals surface area (Å²) in [6.45, 7) is 1.65. The highest BCUT2D eigenvalue weighted by atomic mass is 35.5. The number of esters is 1. The highest BCUT2D eigenvalue weighted by molar-refractivity contribution is 6.29. The van der Waals surface area contributed by atoms with Crippen molar-refractivity contribution in [1.29, 1.82) is 0 Å². The van der Waals surface area contributed by atoms with Crippen LogP contribution < -0.4 is 0 Å². The molecule has 0 bridgehead atoms. The summed E-state index contributed by atoms with van der Waals surface area (Å²) < 4.78 is 20.3. The second kappa shape index (κ2) is 6.54. The molecule has 0 unspecified atom stereocenters. The Morgan fingerprint density at radius 3 is 2.81 bits per heavy atom. The normalized spacial score (nSPS) is 11.5. The molecule has 6 heteroatoms. The fourth-order valence-electron chi connectivity index (χ4n) is 1.77. The van der Waals surface area contributed by atoms with Gasteiger partial charge in [0, 0.05) is 18.7 Å². The summed E-state index contributed by atoms with van der Waals surface area (Å²) in [5.41, 5.74) is 0.866. The molecule has 21 heavy (non-hydrogen) atoms. The maximum atomic E-state index is 13.6. The minimum atomic E-state index is -0.560. The van der Waals surface area contributed by atoms with Gasteiger partial charge in [0.05, 0.1) is 6.20 Å². The zero-order valence-corrected chi connectivity index (χ0v) is 12.4.